The maximum Gasteiger partial charge on any atom is 0.348 e. The van der Waals surface area contributed by atoms with E-state index in [9.17, 15) is 19.5 Å². The Morgan fingerprint density at radius 1 is 0.815 bits per heavy atom. The summed E-state index contributed by atoms with van der Waals surface area (Å²) in [6.07, 6.45) is 15.1. The highest BCUT2D eigenvalue weighted by Crippen LogP contribution is 2.36. The minimum Gasteiger partial charge on any atom is -0.482 e. The van der Waals surface area contributed by atoms with Crippen LogP contribution in [0, 0.1) is 0 Å². The Labute approximate surface area is 316 Å². The summed E-state index contributed by atoms with van der Waals surface area (Å²) >= 11 is 0. The van der Waals surface area contributed by atoms with Crippen molar-refractivity contribution >= 4 is 29.6 Å². The van der Waals surface area contributed by atoms with Crippen LogP contribution in [0.1, 0.15) is 88.7 Å². The minimum atomic E-state index is -1.05. The second-order valence-electron chi connectivity index (χ2n) is 13.6. The Hall–Kier alpha value is -5.71. The van der Waals surface area contributed by atoms with Crippen LogP contribution >= 0.6 is 0 Å². The summed E-state index contributed by atoms with van der Waals surface area (Å²) in [6.45, 7) is 2.48. The van der Waals surface area contributed by atoms with Gasteiger partial charge in [0.05, 0.1) is 17.1 Å². The molecule has 0 spiro atoms. The predicted octanol–water partition coefficient (Wildman–Crippen LogP) is 8.51. The number of hydrogen-bond donors (Lipinski definition) is 3. The lowest BCUT2D eigenvalue weighted by molar-refractivity contribution is -0.148. The number of amides is 1. The zero-order valence-corrected chi connectivity index (χ0v) is 31.1. The van der Waals surface area contributed by atoms with E-state index in [1.807, 2.05) is 72.3 Å². The first-order valence-corrected chi connectivity index (χ1v) is 18.9. The van der Waals surface area contributed by atoms with Gasteiger partial charge in [0, 0.05) is 42.8 Å². The van der Waals surface area contributed by atoms with Crippen LogP contribution < -0.4 is 10.1 Å². The normalized spacial score (nSPS) is 13.8. The molecule has 11 heteroatoms. The van der Waals surface area contributed by atoms with Crippen LogP contribution in [-0.2, 0) is 26.3 Å². The Balaban J connectivity index is 1.26. The van der Waals surface area contributed by atoms with Gasteiger partial charge in [0.15, 0.2) is 6.61 Å². The van der Waals surface area contributed by atoms with Crippen LogP contribution in [0.5, 0.6) is 5.75 Å². The van der Waals surface area contributed by atoms with Gasteiger partial charge in [0.25, 0.3) is 0 Å². The van der Waals surface area contributed by atoms with Crippen molar-refractivity contribution in [3.63, 3.8) is 0 Å². The van der Waals surface area contributed by atoms with E-state index < -0.39 is 24.6 Å². The van der Waals surface area contributed by atoms with Gasteiger partial charge in [-0.05, 0) is 47.9 Å². The molecule has 0 saturated heterocycles. The number of carboxylic acids is 2. The van der Waals surface area contributed by atoms with Crippen molar-refractivity contribution in [2.75, 3.05) is 13.2 Å². The number of aromatic nitrogens is 2. The number of hydrogen-bond acceptors (Lipinski definition) is 7. The van der Waals surface area contributed by atoms with Crippen LogP contribution in [0.2, 0.25) is 0 Å². The SMILES string of the molecule is CCCCCCCCCCCCNC(=O)C=Cc1ccc(-c2nc(-c3ccc(C4=NOC(C(=O)O)C4)cc3)n(C)c2-c2ccc(OCC(=O)O)cc2)cc1. The molecule has 54 heavy (non-hydrogen) atoms. The molecule has 0 bridgehead atoms. The van der Waals surface area contributed by atoms with E-state index in [1.165, 1.54) is 51.4 Å². The van der Waals surface area contributed by atoms with E-state index in [0.29, 0.717) is 23.8 Å². The van der Waals surface area contributed by atoms with Gasteiger partial charge in [-0.2, -0.15) is 0 Å². The molecule has 0 fully saturated rings. The van der Waals surface area contributed by atoms with Crippen molar-refractivity contribution in [2.24, 2.45) is 12.2 Å². The number of carbonyl (C=O) groups is 3. The number of benzene rings is 3. The van der Waals surface area contributed by atoms with E-state index >= 15 is 0 Å². The molecular formula is C43H50N4O7. The van der Waals surface area contributed by atoms with E-state index in [4.69, 9.17) is 19.7 Å². The molecule has 0 radical (unpaired) electrons. The fourth-order valence-corrected chi connectivity index (χ4v) is 6.44. The summed E-state index contributed by atoms with van der Waals surface area (Å²) in [5, 5.41) is 25.2. The molecule has 3 N–H and O–H groups in total. The van der Waals surface area contributed by atoms with Gasteiger partial charge in [-0.25, -0.2) is 14.6 Å². The fraction of sp³-hybridized carbons (Fsp3) is 0.372. The largest absolute Gasteiger partial charge is 0.482 e. The molecule has 5 rings (SSSR count). The molecule has 0 aliphatic carbocycles. The topological polar surface area (TPSA) is 152 Å². The number of unbranched alkanes of at least 4 members (excludes halogenated alkanes) is 9. The Morgan fingerprint density at radius 2 is 1.41 bits per heavy atom. The van der Waals surface area contributed by atoms with Crippen LogP contribution in [-0.4, -0.2) is 62.6 Å². The Kier molecular flexibility index (Phi) is 14.6. The van der Waals surface area contributed by atoms with Gasteiger partial charge in [-0.15, -0.1) is 0 Å². The highest BCUT2D eigenvalue weighted by atomic mass is 16.7. The van der Waals surface area contributed by atoms with Gasteiger partial charge in [0.1, 0.15) is 11.6 Å². The molecule has 4 aromatic rings. The van der Waals surface area contributed by atoms with Crippen LogP contribution in [0.4, 0.5) is 0 Å². The number of imidazole rings is 1. The zero-order chi connectivity index (χ0) is 38.3. The average molecular weight is 735 g/mol. The molecule has 1 amide bonds. The number of oxime groups is 1. The summed E-state index contributed by atoms with van der Waals surface area (Å²) in [5.74, 6) is -1.07. The minimum absolute atomic E-state index is 0.109. The molecule has 1 aliphatic heterocycles. The molecule has 1 unspecified atom stereocenters. The number of nitrogens with zero attached hydrogens (tertiary/aromatic N) is 3. The maximum absolute atomic E-state index is 12.5. The predicted molar refractivity (Wildman–Crippen MR) is 210 cm³/mol. The number of nitrogens with one attached hydrogen (secondary N) is 1. The molecule has 1 atom stereocenters. The highest BCUT2D eigenvalue weighted by Gasteiger charge is 2.28. The van der Waals surface area contributed by atoms with Gasteiger partial charge in [-0.3, -0.25) is 4.79 Å². The smallest absolute Gasteiger partial charge is 0.348 e. The zero-order valence-electron chi connectivity index (χ0n) is 31.1. The summed E-state index contributed by atoms with van der Waals surface area (Å²) in [7, 11) is 1.93. The standard InChI is InChI=1S/C43H50N4O7/c1-3-4-5-6-7-8-9-10-11-12-27-44-38(48)26-15-30-13-16-32(17-14-30)40-41(33-22-24-35(25-23-33)53-29-39(49)50)47(2)42(45-40)34-20-18-31(19-21-34)36-28-37(43(51)52)54-46-36/h13-26,37H,3-12,27-29H2,1-2H3,(H,44,48)(H,49,50)(H,51,52). The third-order valence-electron chi connectivity index (χ3n) is 9.45. The third-order valence-corrected chi connectivity index (χ3v) is 9.45. The van der Waals surface area contributed by atoms with Gasteiger partial charge in [-0.1, -0.05) is 118 Å². The number of aliphatic carboxylic acids is 2. The summed E-state index contributed by atoms with van der Waals surface area (Å²) in [6, 6.07) is 22.6. The third kappa shape index (κ3) is 11.1. The van der Waals surface area contributed by atoms with Crippen molar-refractivity contribution < 1.29 is 34.2 Å². The monoisotopic (exact) mass is 734 g/mol. The first-order chi connectivity index (χ1) is 26.2. The molecule has 3 aromatic carbocycles. The number of ether oxygens (including phenoxy) is 1. The van der Waals surface area contributed by atoms with Crippen molar-refractivity contribution in [2.45, 2.75) is 83.7 Å². The fourth-order valence-electron chi connectivity index (χ4n) is 6.44. The quantitative estimate of drug-likeness (QED) is 0.0569. The highest BCUT2D eigenvalue weighted by molar-refractivity contribution is 6.03. The lowest BCUT2D eigenvalue weighted by atomic mass is 10.0. The van der Waals surface area contributed by atoms with Crippen molar-refractivity contribution in [1.82, 2.24) is 14.9 Å². The van der Waals surface area contributed by atoms with Crippen LogP contribution in [0.3, 0.4) is 0 Å². The average Bonchev–Trinajstić information content (AvgIpc) is 3.81. The van der Waals surface area contributed by atoms with E-state index in [1.54, 1.807) is 24.3 Å². The van der Waals surface area contributed by atoms with E-state index in [0.717, 1.165) is 52.0 Å². The molecule has 1 aliphatic rings. The number of carboxylic acid groups (broad SMARTS) is 2. The van der Waals surface area contributed by atoms with Crippen LogP contribution in [0.25, 0.3) is 40.0 Å². The Morgan fingerprint density at radius 3 is 2.02 bits per heavy atom. The molecule has 2 heterocycles. The molecule has 11 nitrogen and oxygen atoms in total. The Bertz CT molecular complexity index is 1910. The number of carbonyl (C=O) groups excluding carboxylic acids is 1. The van der Waals surface area contributed by atoms with Crippen LogP contribution in [0.15, 0.2) is 84.0 Å². The summed E-state index contributed by atoms with van der Waals surface area (Å²) in [4.78, 5) is 45.0. The van der Waals surface area contributed by atoms with Crippen molar-refractivity contribution in [3.8, 4) is 39.7 Å². The molecule has 0 saturated carbocycles. The summed E-state index contributed by atoms with van der Waals surface area (Å²) in [5.41, 5.74) is 6.36. The van der Waals surface area contributed by atoms with E-state index in [2.05, 4.69) is 17.4 Å². The molecular weight excluding hydrogens is 684 g/mol. The second-order valence-corrected chi connectivity index (χ2v) is 13.6. The second kappa shape index (κ2) is 19.9. The lowest BCUT2D eigenvalue weighted by Crippen LogP contribution is -2.21. The van der Waals surface area contributed by atoms with E-state index in [-0.39, 0.29) is 12.3 Å². The van der Waals surface area contributed by atoms with Gasteiger partial charge in [0.2, 0.25) is 12.0 Å². The van der Waals surface area contributed by atoms with Gasteiger partial charge >= 0.3 is 11.9 Å². The summed E-state index contributed by atoms with van der Waals surface area (Å²) < 4.78 is 7.35. The lowest BCUT2D eigenvalue weighted by Gasteiger charge is -2.10. The first kappa shape index (κ1) is 39.5. The first-order valence-electron chi connectivity index (χ1n) is 18.9. The molecule has 1 aromatic heterocycles. The maximum atomic E-state index is 12.5. The van der Waals surface area contributed by atoms with Crippen molar-refractivity contribution in [1.29, 1.82) is 0 Å². The van der Waals surface area contributed by atoms with Gasteiger partial charge < -0.3 is 29.7 Å². The van der Waals surface area contributed by atoms with Crippen molar-refractivity contribution in [3.05, 3.63) is 90.0 Å². The number of rotatable bonds is 21. The molecule has 284 valence electrons.